The summed E-state index contributed by atoms with van der Waals surface area (Å²) < 4.78 is 0. The van der Waals surface area contributed by atoms with Crippen LogP contribution in [-0.4, -0.2) is 34.6 Å². The van der Waals surface area contributed by atoms with Crippen LogP contribution in [0.25, 0.3) is 0 Å². The summed E-state index contributed by atoms with van der Waals surface area (Å²) in [5.41, 5.74) is -0.470. The SMILES string of the molecule is CC1(C(=O)O)CCCN(C(C)(C)C)C1. The van der Waals surface area contributed by atoms with Gasteiger partial charge in [-0.3, -0.25) is 9.69 Å². The van der Waals surface area contributed by atoms with E-state index in [4.69, 9.17) is 5.11 Å². The maximum atomic E-state index is 11.1. The second-order valence-corrected chi connectivity index (χ2v) is 5.56. The fraction of sp³-hybridized carbons (Fsp3) is 0.909. The molecule has 82 valence electrons. The summed E-state index contributed by atoms with van der Waals surface area (Å²) in [5.74, 6) is -0.661. The van der Waals surface area contributed by atoms with Crippen molar-refractivity contribution in [1.82, 2.24) is 4.90 Å². The number of rotatable bonds is 1. The predicted octanol–water partition coefficient (Wildman–Crippen LogP) is 1.97. The van der Waals surface area contributed by atoms with Crippen LogP contribution in [0.2, 0.25) is 0 Å². The van der Waals surface area contributed by atoms with Gasteiger partial charge in [-0.25, -0.2) is 0 Å². The van der Waals surface area contributed by atoms with Crippen molar-refractivity contribution in [3.05, 3.63) is 0 Å². The van der Waals surface area contributed by atoms with Crippen LogP contribution in [-0.2, 0) is 4.79 Å². The molecule has 1 N–H and O–H groups in total. The number of carboxylic acids is 1. The van der Waals surface area contributed by atoms with E-state index in [9.17, 15) is 4.79 Å². The van der Waals surface area contributed by atoms with E-state index in [0.717, 1.165) is 19.4 Å². The molecule has 1 aliphatic rings. The maximum absolute atomic E-state index is 11.1. The average molecular weight is 199 g/mol. The number of nitrogens with zero attached hydrogens (tertiary/aromatic N) is 1. The molecule has 1 fully saturated rings. The minimum Gasteiger partial charge on any atom is -0.481 e. The first-order valence-corrected chi connectivity index (χ1v) is 5.24. The largest absolute Gasteiger partial charge is 0.481 e. The normalized spacial score (nSPS) is 30.3. The van der Waals surface area contributed by atoms with Crippen LogP contribution >= 0.6 is 0 Å². The zero-order chi connectivity index (χ0) is 11.0. The molecule has 3 heteroatoms. The third kappa shape index (κ3) is 2.27. The molecular formula is C11H21NO2. The molecule has 1 aliphatic heterocycles. The van der Waals surface area contributed by atoms with Crippen LogP contribution in [0.4, 0.5) is 0 Å². The number of hydrogen-bond acceptors (Lipinski definition) is 2. The Morgan fingerprint density at radius 3 is 2.43 bits per heavy atom. The Bertz CT molecular complexity index is 232. The Hall–Kier alpha value is -0.570. The second-order valence-electron chi connectivity index (χ2n) is 5.56. The smallest absolute Gasteiger partial charge is 0.310 e. The van der Waals surface area contributed by atoms with Gasteiger partial charge in [0.2, 0.25) is 0 Å². The molecule has 0 aliphatic carbocycles. The van der Waals surface area contributed by atoms with Crippen LogP contribution < -0.4 is 0 Å². The van der Waals surface area contributed by atoms with Gasteiger partial charge in [0.25, 0.3) is 0 Å². The van der Waals surface area contributed by atoms with Crippen LogP contribution in [0.15, 0.2) is 0 Å². The molecule has 0 aromatic rings. The molecule has 0 bridgehead atoms. The van der Waals surface area contributed by atoms with Crippen molar-refractivity contribution in [2.45, 2.75) is 46.1 Å². The lowest BCUT2D eigenvalue weighted by molar-refractivity contribution is -0.152. The Balaban J connectivity index is 2.74. The summed E-state index contributed by atoms with van der Waals surface area (Å²) in [4.78, 5) is 13.4. The molecule has 0 amide bonds. The topological polar surface area (TPSA) is 40.5 Å². The summed E-state index contributed by atoms with van der Waals surface area (Å²) in [5, 5.41) is 9.15. The molecule has 1 unspecified atom stereocenters. The molecule has 0 radical (unpaired) electrons. The number of hydrogen-bond donors (Lipinski definition) is 1. The number of carboxylic acid groups (broad SMARTS) is 1. The summed E-state index contributed by atoms with van der Waals surface area (Å²) in [6, 6.07) is 0. The Labute approximate surface area is 86.1 Å². The number of aliphatic carboxylic acids is 1. The molecular weight excluding hydrogens is 178 g/mol. The van der Waals surface area contributed by atoms with Gasteiger partial charge < -0.3 is 5.11 Å². The minimum absolute atomic E-state index is 0.0805. The molecule has 1 heterocycles. The number of piperidine rings is 1. The summed E-state index contributed by atoms with van der Waals surface area (Å²) in [6.07, 6.45) is 1.79. The lowest BCUT2D eigenvalue weighted by Gasteiger charge is -2.44. The van der Waals surface area contributed by atoms with E-state index in [1.807, 2.05) is 6.92 Å². The van der Waals surface area contributed by atoms with Crippen LogP contribution in [0.3, 0.4) is 0 Å². The van der Waals surface area contributed by atoms with Crippen LogP contribution in [0, 0.1) is 5.41 Å². The van der Waals surface area contributed by atoms with Crippen molar-refractivity contribution in [2.24, 2.45) is 5.41 Å². The van der Waals surface area contributed by atoms with Crippen molar-refractivity contribution in [2.75, 3.05) is 13.1 Å². The van der Waals surface area contributed by atoms with Crippen LogP contribution in [0.1, 0.15) is 40.5 Å². The quantitative estimate of drug-likeness (QED) is 0.702. The Morgan fingerprint density at radius 1 is 1.43 bits per heavy atom. The van der Waals surface area contributed by atoms with E-state index in [1.54, 1.807) is 0 Å². The standard InChI is InChI=1S/C11H21NO2/c1-10(2,3)12-7-5-6-11(4,8-12)9(13)14/h5-8H2,1-4H3,(H,13,14). The van der Waals surface area contributed by atoms with E-state index in [2.05, 4.69) is 25.7 Å². The first-order chi connectivity index (χ1) is 6.26. The Kier molecular flexibility index (Phi) is 2.91. The molecule has 0 aromatic carbocycles. The van der Waals surface area contributed by atoms with E-state index in [0.29, 0.717) is 6.54 Å². The van der Waals surface area contributed by atoms with Gasteiger partial charge in [0.1, 0.15) is 0 Å². The van der Waals surface area contributed by atoms with Gasteiger partial charge in [0.05, 0.1) is 5.41 Å². The van der Waals surface area contributed by atoms with Crippen molar-refractivity contribution in [3.63, 3.8) is 0 Å². The zero-order valence-corrected chi connectivity index (χ0v) is 9.63. The lowest BCUT2D eigenvalue weighted by atomic mass is 9.80. The van der Waals surface area contributed by atoms with Crippen molar-refractivity contribution >= 4 is 5.97 Å². The van der Waals surface area contributed by atoms with Gasteiger partial charge in [-0.1, -0.05) is 0 Å². The molecule has 0 aromatic heterocycles. The molecule has 1 rings (SSSR count). The van der Waals surface area contributed by atoms with E-state index < -0.39 is 11.4 Å². The molecule has 1 saturated heterocycles. The average Bonchev–Trinajstić information content (AvgIpc) is 2.02. The maximum Gasteiger partial charge on any atom is 0.310 e. The van der Waals surface area contributed by atoms with Gasteiger partial charge in [-0.15, -0.1) is 0 Å². The first kappa shape index (κ1) is 11.5. The highest BCUT2D eigenvalue weighted by molar-refractivity contribution is 5.74. The highest BCUT2D eigenvalue weighted by Crippen LogP contribution is 2.32. The first-order valence-electron chi connectivity index (χ1n) is 5.24. The van der Waals surface area contributed by atoms with Gasteiger partial charge >= 0.3 is 5.97 Å². The molecule has 3 nitrogen and oxygen atoms in total. The van der Waals surface area contributed by atoms with Gasteiger partial charge in [-0.2, -0.15) is 0 Å². The summed E-state index contributed by atoms with van der Waals surface area (Å²) in [7, 11) is 0. The highest BCUT2D eigenvalue weighted by Gasteiger charge is 2.40. The van der Waals surface area contributed by atoms with Gasteiger partial charge in [0, 0.05) is 12.1 Å². The second kappa shape index (κ2) is 3.54. The molecule has 14 heavy (non-hydrogen) atoms. The monoisotopic (exact) mass is 199 g/mol. The zero-order valence-electron chi connectivity index (χ0n) is 9.63. The van der Waals surface area contributed by atoms with Gasteiger partial charge in [-0.05, 0) is 47.1 Å². The molecule has 1 atom stereocenters. The molecule has 0 spiro atoms. The van der Waals surface area contributed by atoms with E-state index in [-0.39, 0.29) is 5.54 Å². The summed E-state index contributed by atoms with van der Waals surface area (Å²) >= 11 is 0. The number of likely N-dealkylation sites (tertiary alicyclic amines) is 1. The minimum atomic E-state index is -0.661. The Morgan fingerprint density at radius 2 is 2.00 bits per heavy atom. The molecule has 0 saturated carbocycles. The third-order valence-corrected chi connectivity index (χ3v) is 3.16. The van der Waals surface area contributed by atoms with Crippen molar-refractivity contribution in [1.29, 1.82) is 0 Å². The fourth-order valence-corrected chi connectivity index (χ4v) is 1.99. The van der Waals surface area contributed by atoms with E-state index >= 15 is 0 Å². The van der Waals surface area contributed by atoms with Crippen LogP contribution in [0.5, 0.6) is 0 Å². The number of carbonyl (C=O) groups is 1. The van der Waals surface area contributed by atoms with Crippen molar-refractivity contribution in [3.8, 4) is 0 Å². The van der Waals surface area contributed by atoms with E-state index in [1.165, 1.54) is 0 Å². The fourth-order valence-electron chi connectivity index (χ4n) is 1.99. The lowest BCUT2D eigenvalue weighted by Crippen LogP contribution is -2.53. The third-order valence-electron chi connectivity index (χ3n) is 3.16. The van der Waals surface area contributed by atoms with Gasteiger partial charge in [0.15, 0.2) is 0 Å². The highest BCUT2D eigenvalue weighted by atomic mass is 16.4. The predicted molar refractivity (Wildman–Crippen MR) is 56.3 cm³/mol. The van der Waals surface area contributed by atoms with Crippen molar-refractivity contribution < 1.29 is 9.90 Å². The summed E-state index contributed by atoms with van der Waals surface area (Å²) in [6.45, 7) is 9.97.